The highest BCUT2D eigenvalue weighted by atomic mass is 16.5. The largest absolute Gasteiger partial charge is 0.373 e. The van der Waals surface area contributed by atoms with E-state index in [-0.39, 0.29) is 5.60 Å². The number of carbonyl (C=O) groups excluding carboxylic acids is 1. The Bertz CT molecular complexity index is 452. The molecule has 1 aromatic rings. The summed E-state index contributed by atoms with van der Waals surface area (Å²) in [6, 6.07) is 6.72. The van der Waals surface area contributed by atoms with Crippen LogP contribution in [0.2, 0.25) is 0 Å². The molecule has 0 aromatic heterocycles. The second-order valence-electron chi connectivity index (χ2n) is 5.44. The molecule has 2 nitrogen and oxygen atoms in total. The molecule has 0 atom stereocenters. The molecule has 0 saturated heterocycles. The number of aryl methyl sites for hydroxylation is 2. The van der Waals surface area contributed by atoms with E-state index in [1.165, 1.54) is 16.7 Å². The smallest absolute Gasteiger partial charge is 0.133 e. The zero-order valence-corrected chi connectivity index (χ0v) is 12.3. The standard InChI is InChI=1S/C17H24O2/c1-4-13-6-7-16(14(5-2)12-13)17(19-3)10-8-15(18)9-11-17/h6-7,12H,4-5,8-11H2,1-3H3. The molecule has 0 bridgehead atoms. The van der Waals surface area contributed by atoms with Crippen LogP contribution in [0.1, 0.15) is 56.2 Å². The number of carbonyl (C=O) groups is 1. The molecule has 2 rings (SSSR count). The van der Waals surface area contributed by atoms with Gasteiger partial charge in [-0.15, -0.1) is 0 Å². The molecular formula is C17H24O2. The summed E-state index contributed by atoms with van der Waals surface area (Å²) in [7, 11) is 1.78. The summed E-state index contributed by atoms with van der Waals surface area (Å²) in [6.07, 6.45) is 5.01. The van der Waals surface area contributed by atoms with Crippen molar-refractivity contribution in [2.75, 3.05) is 7.11 Å². The van der Waals surface area contributed by atoms with Gasteiger partial charge in [0.05, 0.1) is 5.60 Å². The van der Waals surface area contributed by atoms with Crippen molar-refractivity contribution < 1.29 is 9.53 Å². The molecule has 1 fully saturated rings. The highest BCUT2D eigenvalue weighted by molar-refractivity contribution is 5.79. The SMILES string of the molecule is CCc1ccc(C2(OC)CCC(=O)CC2)c(CC)c1. The van der Waals surface area contributed by atoms with Crippen molar-refractivity contribution in [3.63, 3.8) is 0 Å². The van der Waals surface area contributed by atoms with Crippen LogP contribution in [-0.2, 0) is 28.0 Å². The van der Waals surface area contributed by atoms with Crippen molar-refractivity contribution >= 4 is 5.78 Å². The van der Waals surface area contributed by atoms with Gasteiger partial charge in [0.2, 0.25) is 0 Å². The Kier molecular flexibility index (Phi) is 4.41. The highest BCUT2D eigenvalue weighted by Crippen LogP contribution is 2.40. The minimum absolute atomic E-state index is 0.245. The van der Waals surface area contributed by atoms with Crippen molar-refractivity contribution in [1.29, 1.82) is 0 Å². The van der Waals surface area contributed by atoms with E-state index >= 15 is 0 Å². The number of methoxy groups -OCH3 is 1. The van der Waals surface area contributed by atoms with Crippen LogP contribution in [0.5, 0.6) is 0 Å². The van der Waals surface area contributed by atoms with Crippen LogP contribution in [0.3, 0.4) is 0 Å². The lowest BCUT2D eigenvalue weighted by atomic mass is 9.76. The van der Waals surface area contributed by atoms with Gasteiger partial charge in [0.25, 0.3) is 0 Å². The fourth-order valence-electron chi connectivity index (χ4n) is 3.12. The fraction of sp³-hybridized carbons (Fsp3) is 0.588. The van der Waals surface area contributed by atoms with E-state index in [1.807, 2.05) is 0 Å². The Morgan fingerprint density at radius 1 is 1.16 bits per heavy atom. The van der Waals surface area contributed by atoms with Gasteiger partial charge >= 0.3 is 0 Å². The summed E-state index contributed by atoms with van der Waals surface area (Å²) < 4.78 is 5.88. The fourth-order valence-corrected chi connectivity index (χ4v) is 3.12. The van der Waals surface area contributed by atoms with Crippen LogP contribution in [0.4, 0.5) is 0 Å². The van der Waals surface area contributed by atoms with Gasteiger partial charge in [0, 0.05) is 20.0 Å². The normalized spacial score (nSPS) is 18.6. The molecule has 2 heteroatoms. The quantitative estimate of drug-likeness (QED) is 0.823. The van der Waals surface area contributed by atoms with E-state index in [0.29, 0.717) is 18.6 Å². The number of ether oxygens (including phenoxy) is 1. The summed E-state index contributed by atoms with van der Waals surface area (Å²) >= 11 is 0. The van der Waals surface area contributed by atoms with Gasteiger partial charge in [-0.2, -0.15) is 0 Å². The average molecular weight is 260 g/mol. The van der Waals surface area contributed by atoms with Gasteiger partial charge in [-0.05, 0) is 42.4 Å². The Morgan fingerprint density at radius 2 is 1.84 bits per heavy atom. The third kappa shape index (κ3) is 2.74. The number of hydrogen-bond donors (Lipinski definition) is 0. The Labute approximate surface area is 116 Å². The molecule has 1 saturated carbocycles. The van der Waals surface area contributed by atoms with Crippen molar-refractivity contribution in [3.05, 3.63) is 34.9 Å². The molecular weight excluding hydrogens is 236 g/mol. The zero-order valence-electron chi connectivity index (χ0n) is 12.3. The minimum atomic E-state index is -0.245. The number of hydrogen-bond acceptors (Lipinski definition) is 2. The topological polar surface area (TPSA) is 26.3 Å². The van der Waals surface area contributed by atoms with E-state index in [0.717, 1.165) is 25.7 Å². The number of ketones is 1. The molecule has 0 spiro atoms. The average Bonchev–Trinajstić information content (AvgIpc) is 2.48. The molecule has 0 radical (unpaired) electrons. The van der Waals surface area contributed by atoms with Crippen molar-refractivity contribution in [3.8, 4) is 0 Å². The summed E-state index contributed by atoms with van der Waals surface area (Å²) in [5, 5.41) is 0. The maximum atomic E-state index is 11.5. The predicted molar refractivity (Wildman–Crippen MR) is 77.4 cm³/mol. The van der Waals surface area contributed by atoms with Crippen LogP contribution < -0.4 is 0 Å². The number of benzene rings is 1. The molecule has 0 unspecified atom stereocenters. The first kappa shape index (κ1) is 14.3. The molecule has 0 heterocycles. The van der Waals surface area contributed by atoms with Crippen molar-refractivity contribution in [1.82, 2.24) is 0 Å². The van der Waals surface area contributed by atoms with Crippen molar-refractivity contribution in [2.24, 2.45) is 0 Å². The number of Topliss-reactive ketones (excluding diaryl/α,β-unsaturated/α-hetero) is 1. The van der Waals surface area contributed by atoms with E-state index in [9.17, 15) is 4.79 Å². The summed E-state index contributed by atoms with van der Waals surface area (Å²) in [5.41, 5.74) is 3.79. The lowest BCUT2D eigenvalue weighted by Crippen LogP contribution is -2.34. The van der Waals surface area contributed by atoms with E-state index in [1.54, 1.807) is 7.11 Å². The van der Waals surface area contributed by atoms with Crippen LogP contribution in [0.25, 0.3) is 0 Å². The highest BCUT2D eigenvalue weighted by Gasteiger charge is 2.37. The Morgan fingerprint density at radius 3 is 2.37 bits per heavy atom. The zero-order chi connectivity index (χ0) is 13.9. The lowest BCUT2D eigenvalue weighted by Gasteiger charge is -2.37. The lowest BCUT2D eigenvalue weighted by molar-refractivity contribution is -0.127. The minimum Gasteiger partial charge on any atom is -0.373 e. The molecule has 1 aliphatic carbocycles. The first-order chi connectivity index (χ1) is 9.15. The molecule has 19 heavy (non-hydrogen) atoms. The van der Waals surface area contributed by atoms with Gasteiger partial charge in [-0.3, -0.25) is 4.79 Å². The van der Waals surface area contributed by atoms with E-state index < -0.39 is 0 Å². The molecule has 1 aliphatic rings. The first-order valence-corrected chi connectivity index (χ1v) is 7.34. The van der Waals surface area contributed by atoms with Crippen LogP contribution in [0, 0.1) is 0 Å². The first-order valence-electron chi connectivity index (χ1n) is 7.34. The molecule has 0 N–H and O–H groups in total. The third-order valence-electron chi connectivity index (χ3n) is 4.46. The van der Waals surface area contributed by atoms with Gasteiger partial charge in [0.1, 0.15) is 5.78 Å². The van der Waals surface area contributed by atoms with Crippen LogP contribution in [0.15, 0.2) is 18.2 Å². The summed E-state index contributed by atoms with van der Waals surface area (Å²) in [4.78, 5) is 11.5. The van der Waals surface area contributed by atoms with Crippen molar-refractivity contribution in [2.45, 2.75) is 58.0 Å². The molecule has 0 aliphatic heterocycles. The predicted octanol–water partition coefficient (Wildman–Crippen LogP) is 3.80. The summed E-state index contributed by atoms with van der Waals surface area (Å²) in [6.45, 7) is 4.37. The van der Waals surface area contributed by atoms with E-state index in [4.69, 9.17) is 4.74 Å². The second kappa shape index (κ2) is 5.87. The molecule has 104 valence electrons. The van der Waals surface area contributed by atoms with Gasteiger partial charge in [-0.25, -0.2) is 0 Å². The monoisotopic (exact) mass is 260 g/mol. The van der Waals surface area contributed by atoms with Gasteiger partial charge in [0.15, 0.2) is 0 Å². The third-order valence-corrected chi connectivity index (χ3v) is 4.46. The maximum absolute atomic E-state index is 11.5. The molecule has 1 aromatic carbocycles. The Hall–Kier alpha value is -1.15. The van der Waals surface area contributed by atoms with Gasteiger partial charge < -0.3 is 4.74 Å². The van der Waals surface area contributed by atoms with Crippen LogP contribution >= 0.6 is 0 Å². The van der Waals surface area contributed by atoms with Crippen LogP contribution in [-0.4, -0.2) is 12.9 Å². The molecule has 0 amide bonds. The maximum Gasteiger partial charge on any atom is 0.133 e. The second-order valence-corrected chi connectivity index (χ2v) is 5.44. The summed E-state index contributed by atoms with van der Waals surface area (Å²) in [5.74, 6) is 0.371. The number of rotatable bonds is 4. The Balaban J connectivity index is 2.40. The van der Waals surface area contributed by atoms with E-state index in [2.05, 4.69) is 32.0 Å². The van der Waals surface area contributed by atoms with Gasteiger partial charge in [-0.1, -0.05) is 32.0 Å².